The van der Waals surface area contributed by atoms with Crippen molar-refractivity contribution in [3.63, 3.8) is 0 Å². The summed E-state index contributed by atoms with van der Waals surface area (Å²) in [5, 5.41) is 14.9. The number of tetrazole rings is 1. The zero-order valence-corrected chi connectivity index (χ0v) is 14.9. The molecule has 1 N–H and O–H groups in total. The summed E-state index contributed by atoms with van der Waals surface area (Å²) in [5.74, 6) is 0.117. The number of carbonyl (C=O) groups excluding carboxylic acids is 2. The van der Waals surface area contributed by atoms with E-state index >= 15 is 0 Å². The van der Waals surface area contributed by atoms with Crippen molar-refractivity contribution in [2.75, 3.05) is 11.1 Å². The van der Waals surface area contributed by atoms with Crippen molar-refractivity contribution < 1.29 is 9.59 Å². The first-order valence-corrected chi connectivity index (χ1v) is 9.05. The SMILES string of the molecule is CCC(=O)Nc1ccc(C(=O)CSc2nnnn2-c2ccccc2)cc1. The Morgan fingerprint density at radius 2 is 1.81 bits per heavy atom. The van der Waals surface area contributed by atoms with Gasteiger partial charge in [0.1, 0.15) is 0 Å². The number of amides is 1. The number of nitrogens with zero attached hydrogens (tertiary/aromatic N) is 4. The summed E-state index contributed by atoms with van der Waals surface area (Å²) in [5.41, 5.74) is 2.09. The molecule has 1 aromatic heterocycles. The smallest absolute Gasteiger partial charge is 0.224 e. The Morgan fingerprint density at radius 3 is 2.50 bits per heavy atom. The van der Waals surface area contributed by atoms with Crippen LogP contribution in [0.4, 0.5) is 5.69 Å². The fraction of sp³-hybridized carbons (Fsp3) is 0.167. The molecule has 0 aliphatic carbocycles. The molecular weight excluding hydrogens is 350 g/mol. The van der Waals surface area contributed by atoms with Gasteiger partial charge in [-0.2, -0.15) is 4.68 Å². The van der Waals surface area contributed by atoms with Gasteiger partial charge in [0.05, 0.1) is 11.4 Å². The first kappa shape index (κ1) is 17.8. The number of carbonyl (C=O) groups is 2. The van der Waals surface area contributed by atoms with Crippen LogP contribution in [0.15, 0.2) is 59.8 Å². The third kappa shape index (κ3) is 4.34. The summed E-state index contributed by atoms with van der Waals surface area (Å²) >= 11 is 1.28. The zero-order chi connectivity index (χ0) is 18.4. The first-order chi connectivity index (χ1) is 12.7. The van der Waals surface area contributed by atoms with E-state index in [1.807, 2.05) is 30.3 Å². The van der Waals surface area contributed by atoms with Gasteiger partial charge in [-0.15, -0.1) is 5.10 Å². The summed E-state index contributed by atoms with van der Waals surface area (Å²) in [4.78, 5) is 23.8. The van der Waals surface area contributed by atoms with Crippen LogP contribution in [-0.2, 0) is 4.79 Å². The zero-order valence-electron chi connectivity index (χ0n) is 14.1. The van der Waals surface area contributed by atoms with Crippen LogP contribution in [0.2, 0.25) is 0 Å². The highest BCUT2D eigenvalue weighted by atomic mass is 32.2. The molecule has 3 rings (SSSR count). The van der Waals surface area contributed by atoms with Crippen LogP contribution in [0.1, 0.15) is 23.7 Å². The number of nitrogens with one attached hydrogen (secondary N) is 1. The normalized spacial score (nSPS) is 10.5. The van der Waals surface area contributed by atoms with E-state index in [0.717, 1.165) is 5.69 Å². The first-order valence-electron chi connectivity index (χ1n) is 8.07. The van der Waals surface area contributed by atoms with Gasteiger partial charge in [0.25, 0.3) is 0 Å². The van der Waals surface area contributed by atoms with Crippen LogP contribution < -0.4 is 5.32 Å². The lowest BCUT2D eigenvalue weighted by molar-refractivity contribution is -0.115. The van der Waals surface area contributed by atoms with E-state index in [1.165, 1.54) is 11.8 Å². The van der Waals surface area contributed by atoms with Crippen molar-refractivity contribution in [3.8, 4) is 5.69 Å². The van der Waals surface area contributed by atoms with Crippen molar-refractivity contribution in [1.82, 2.24) is 20.2 Å². The molecule has 0 unspecified atom stereocenters. The predicted octanol–water partition coefficient (Wildman–Crippen LogP) is 2.99. The van der Waals surface area contributed by atoms with Crippen molar-refractivity contribution in [3.05, 3.63) is 60.2 Å². The van der Waals surface area contributed by atoms with Gasteiger partial charge in [0.2, 0.25) is 11.1 Å². The minimum Gasteiger partial charge on any atom is -0.326 e. The van der Waals surface area contributed by atoms with Crippen LogP contribution in [-0.4, -0.2) is 37.7 Å². The quantitative estimate of drug-likeness (QED) is 0.510. The molecule has 2 aromatic carbocycles. The molecule has 0 saturated heterocycles. The van der Waals surface area contributed by atoms with Gasteiger partial charge in [0, 0.05) is 17.7 Å². The topological polar surface area (TPSA) is 89.8 Å². The van der Waals surface area contributed by atoms with Crippen LogP contribution >= 0.6 is 11.8 Å². The molecule has 1 amide bonds. The molecule has 0 radical (unpaired) electrons. The number of rotatable bonds is 7. The lowest BCUT2D eigenvalue weighted by Gasteiger charge is -2.06. The standard InChI is InChI=1S/C18H17N5O2S/c1-2-17(25)19-14-10-8-13(9-11-14)16(24)12-26-18-20-21-22-23(18)15-6-4-3-5-7-15/h3-11H,2,12H2,1H3,(H,19,25). The molecule has 0 saturated carbocycles. The van der Waals surface area contributed by atoms with Crippen LogP contribution in [0.3, 0.4) is 0 Å². The molecule has 3 aromatic rings. The van der Waals surface area contributed by atoms with Crippen LogP contribution in [0.25, 0.3) is 5.69 Å². The number of anilines is 1. The van der Waals surface area contributed by atoms with E-state index in [4.69, 9.17) is 0 Å². The van der Waals surface area contributed by atoms with Crippen LogP contribution in [0, 0.1) is 0 Å². The third-order valence-electron chi connectivity index (χ3n) is 3.59. The highest BCUT2D eigenvalue weighted by molar-refractivity contribution is 7.99. The van der Waals surface area contributed by atoms with Crippen molar-refractivity contribution in [1.29, 1.82) is 0 Å². The second-order valence-corrected chi connectivity index (χ2v) is 6.34. The van der Waals surface area contributed by atoms with E-state index in [-0.39, 0.29) is 17.4 Å². The highest BCUT2D eigenvalue weighted by Crippen LogP contribution is 2.20. The average molecular weight is 367 g/mol. The number of Topliss-reactive ketones (excluding diaryl/α,β-unsaturated/α-hetero) is 1. The molecule has 0 bridgehead atoms. The summed E-state index contributed by atoms with van der Waals surface area (Å²) in [6.07, 6.45) is 0.410. The monoisotopic (exact) mass is 367 g/mol. The molecule has 0 aliphatic rings. The molecule has 8 heteroatoms. The summed E-state index contributed by atoms with van der Waals surface area (Å²) in [7, 11) is 0. The highest BCUT2D eigenvalue weighted by Gasteiger charge is 2.13. The second-order valence-electron chi connectivity index (χ2n) is 5.40. The van der Waals surface area contributed by atoms with Gasteiger partial charge in [-0.3, -0.25) is 9.59 Å². The predicted molar refractivity (Wildman–Crippen MR) is 99.6 cm³/mol. The van der Waals surface area contributed by atoms with E-state index in [2.05, 4.69) is 20.8 Å². The van der Waals surface area contributed by atoms with Gasteiger partial charge in [-0.25, -0.2) is 0 Å². The Hall–Kier alpha value is -3.00. The Kier molecular flexibility index (Phi) is 5.75. The lowest BCUT2D eigenvalue weighted by Crippen LogP contribution is -2.10. The summed E-state index contributed by atoms with van der Waals surface area (Å²) < 4.78 is 1.60. The maximum Gasteiger partial charge on any atom is 0.224 e. The molecule has 7 nitrogen and oxygen atoms in total. The fourth-order valence-electron chi connectivity index (χ4n) is 2.20. The van der Waals surface area contributed by atoms with E-state index < -0.39 is 0 Å². The molecule has 26 heavy (non-hydrogen) atoms. The molecule has 0 atom stereocenters. The largest absolute Gasteiger partial charge is 0.326 e. The molecule has 1 heterocycles. The maximum absolute atomic E-state index is 12.4. The van der Waals surface area contributed by atoms with E-state index in [0.29, 0.717) is 22.8 Å². The van der Waals surface area contributed by atoms with Crippen molar-refractivity contribution in [2.24, 2.45) is 0 Å². The number of thioether (sulfide) groups is 1. The summed E-state index contributed by atoms with van der Waals surface area (Å²) in [6.45, 7) is 1.79. The van der Waals surface area contributed by atoms with Gasteiger partial charge in [-0.1, -0.05) is 36.9 Å². The number of benzene rings is 2. The molecule has 132 valence electrons. The lowest BCUT2D eigenvalue weighted by atomic mass is 10.1. The van der Waals surface area contributed by atoms with Crippen molar-refractivity contribution in [2.45, 2.75) is 18.5 Å². The third-order valence-corrected chi connectivity index (χ3v) is 4.51. The Balaban J connectivity index is 1.63. The van der Waals surface area contributed by atoms with Gasteiger partial charge >= 0.3 is 0 Å². The number of hydrogen-bond acceptors (Lipinski definition) is 6. The molecular formula is C18H17N5O2S. The average Bonchev–Trinajstić information content (AvgIpc) is 3.16. The Morgan fingerprint density at radius 1 is 1.08 bits per heavy atom. The van der Waals surface area contributed by atoms with Crippen LogP contribution in [0.5, 0.6) is 0 Å². The van der Waals surface area contributed by atoms with E-state index in [1.54, 1.807) is 35.9 Å². The summed E-state index contributed by atoms with van der Waals surface area (Å²) in [6, 6.07) is 16.3. The minimum absolute atomic E-state index is 0.0361. The maximum atomic E-state index is 12.4. The molecule has 0 fully saturated rings. The molecule has 0 aliphatic heterocycles. The number of aromatic nitrogens is 4. The van der Waals surface area contributed by atoms with Crippen molar-refractivity contribution >= 4 is 29.1 Å². The number of hydrogen-bond donors (Lipinski definition) is 1. The van der Waals surface area contributed by atoms with Gasteiger partial charge in [0.15, 0.2) is 5.78 Å². The second kappa shape index (κ2) is 8.39. The number of ketones is 1. The minimum atomic E-state index is -0.0626. The Labute approximate surface area is 154 Å². The fourth-order valence-corrected chi connectivity index (χ4v) is 2.99. The van der Waals surface area contributed by atoms with Gasteiger partial charge in [-0.05, 0) is 46.8 Å². The van der Waals surface area contributed by atoms with E-state index in [9.17, 15) is 9.59 Å². The number of para-hydroxylation sites is 1. The van der Waals surface area contributed by atoms with Gasteiger partial charge < -0.3 is 5.32 Å². The Bertz CT molecular complexity index is 893. The molecule has 0 spiro atoms.